The first kappa shape index (κ1) is 23.2. The first-order valence-electron chi connectivity index (χ1n) is 11.4. The number of fused-ring (bicyclic) bond motifs is 1. The lowest BCUT2D eigenvalue weighted by Crippen LogP contribution is -2.15. The van der Waals surface area contributed by atoms with Gasteiger partial charge >= 0.3 is 0 Å². The maximum atomic E-state index is 13.6. The van der Waals surface area contributed by atoms with Gasteiger partial charge in [-0.1, -0.05) is 79.1 Å². The number of benzene rings is 3. The second-order valence-electron chi connectivity index (χ2n) is 8.39. The molecule has 0 saturated carbocycles. The number of nitrogens with one attached hydrogen (secondary N) is 1. The number of aromatic nitrogens is 2. The number of aromatic amines is 1. The maximum absolute atomic E-state index is 13.6. The van der Waals surface area contributed by atoms with E-state index < -0.39 is 15.1 Å². The normalized spacial score (nSPS) is 12.8. The molecular weight excluding hydrogens is 432 g/mol. The van der Waals surface area contributed by atoms with Gasteiger partial charge in [0.15, 0.2) is 9.84 Å². The Morgan fingerprint density at radius 1 is 0.879 bits per heavy atom. The van der Waals surface area contributed by atoms with Crippen LogP contribution in [0.25, 0.3) is 10.9 Å². The molecule has 1 unspecified atom stereocenters. The number of hydrogen-bond acceptors (Lipinski definition) is 4. The van der Waals surface area contributed by atoms with Gasteiger partial charge in [0.1, 0.15) is 5.25 Å². The van der Waals surface area contributed by atoms with Crippen molar-refractivity contribution in [2.24, 2.45) is 0 Å². The Morgan fingerprint density at radius 3 is 2.39 bits per heavy atom. The van der Waals surface area contributed by atoms with E-state index >= 15 is 0 Å². The minimum atomic E-state index is -3.57. The molecule has 1 N–H and O–H groups in total. The van der Waals surface area contributed by atoms with Gasteiger partial charge < -0.3 is 4.74 Å². The van der Waals surface area contributed by atoms with Crippen LogP contribution < -0.4 is 0 Å². The Labute approximate surface area is 195 Å². The van der Waals surface area contributed by atoms with Gasteiger partial charge in [0.05, 0.1) is 22.7 Å². The minimum Gasteiger partial charge on any atom is -0.377 e. The molecule has 0 amide bonds. The molecule has 0 bridgehead atoms. The average molecular weight is 463 g/mol. The van der Waals surface area contributed by atoms with Crippen LogP contribution in [0.3, 0.4) is 0 Å². The molecule has 3 aromatic carbocycles. The van der Waals surface area contributed by atoms with Crippen LogP contribution in [-0.4, -0.2) is 25.2 Å². The fourth-order valence-electron chi connectivity index (χ4n) is 4.05. The van der Waals surface area contributed by atoms with Crippen LogP contribution in [0.2, 0.25) is 0 Å². The smallest absolute Gasteiger partial charge is 0.186 e. The number of hydrogen-bond donors (Lipinski definition) is 1. The molecule has 4 rings (SSSR count). The number of nitrogens with zero attached hydrogens (tertiary/aromatic N) is 1. The van der Waals surface area contributed by atoms with E-state index in [0.717, 1.165) is 41.3 Å². The lowest BCUT2D eigenvalue weighted by Gasteiger charge is -2.17. The van der Waals surface area contributed by atoms with Gasteiger partial charge in [-0.2, -0.15) is 5.10 Å². The van der Waals surface area contributed by atoms with Crippen LogP contribution in [-0.2, 0) is 21.2 Å². The summed E-state index contributed by atoms with van der Waals surface area (Å²) < 4.78 is 33.0. The highest BCUT2D eigenvalue weighted by Gasteiger charge is 2.31. The Kier molecular flexibility index (Phi) is 7.57. The Balaban J connectivity index is 1.43. The fourth-order valence-corrected chi connectivity index (χ4v) is 5.86. The molecule has 0 aliphatic heterocycles. The molecule has 33 heavy (non-hydrogen) atoms. The largest absolute Gasteiger partial charge is 0.377 e. The van der Waals surface area contributed by atoms with Crippen LogP contribution in [0.5, 0.6) is 0 Å². The third kappa shape index (κ3) is 5.70. The molecule has 6 heteroatoms. The standard InChI is InChI=1S/C27H30N2O3S/c1-21-15-17-23(18-16-21)33(30,31)26(27-24-12-7-8-13-25(24)28-29-27)14-6-3-9-19-32-20-22-10-4-2-5-11-22/h2,4-5,7-8,10-13,15-18,26H,3,6,9,14,19-20H2,1H3,(H,28,29). The van der Waals surface area contributed by atoms with Gasteiger partial charge in [-0.05, 0) is 43.5 Å². The Bertz CT molecular complexity index is 1270. The highest BCUT2D eigenvalue weighted by molar-refractivity contribution is 7.91. The highest BCUT2D eigenvalue weighted by Crippen LogP contribution is 2.36. The molecule has 0 radical (unpaired) electrons. The summed E-state index contributed by atoms with van der Waals surface area (Å²) in [5.74, 6) is 0. The van der Waals surface area contributed by atoms with Crippen molar-refractivity contribution in [3.8, 4) is 0 Å². The second-order valence-corrected chi connectivity index (χ2v) is 10.5. The molecular formula is C27H30N2O3S. The second kappa shape index (κ2) is 10.8. The van der Waals surface area contributed by atoms with E-state index in [4.69, 9.17) is 4.74 Å². The van der Waals surface area contributed by atoms with Crippen molar-refractivity contribution >= 4 is 20.7 Å². The summed E-state index contributed by atoms with van der Waals surface area (Å²) in [4.78, 5) is 0.350. The van der Waals surface area contributed by atoms with E-state index in [1.807, 2.05) is 61.5 Å². The van der Waals surface area contributed by atoms with Crippen LogP contribution in [0.1, 0.15) is 47.8 Å². The first-order valence-corrected chi connectivity index (χ1v) is 13.0. The zero-order valence-corrected chi connectivity index (χ0v) is 19.7. The number of ether oxygens (including phenoxy) is 1. The van der Waals surface area contributed by atoms with Crippen molar-refractivity contribution in [1.82, 2.24) is 10.2 Å². The van der Waals surface area contributed by atoms with Crippen molar-refractivity contribution in [2.75, 3.05) is 6.61 Å². The maximum Gasteiger partial charge on any atom is 0.186 e. The summed E-state index contributed by atoms with van der Waals surface area (Å²) in [5.41, 5.74) is 3.65. The van der Waals surface area contributed by atoms with Gasteiger partial charge in [0.25, 0.3) is 0 Å². The zero-order chi connectivity index (χ0) is 23.1. The lowest BCUT2D eigenvalue weighted by molar-refractivity contribution is 0.116. The molecule has 0 fully saturated rings. The van der Waals surface area contributed by atoms with Gasteiger partial charge in [-0.15, -0.1) is 0 Å². The van der Waals surface area contributed by atoms with Crippen LogP contribution in [0, 0.1) is 6.92 Å². The molecule has 0 spiro atoms. The lowest BCUT2D eigenvalue weighted by atomic mass is 10.1. The minimum absolute atomic E-state index is 0.350. The van der Waals surface area contributed by atoms with Crippen molar-refractivity contribution < 1.29 is 13.2 Å². The van der Waals surface area contributed by atoms with E-state index in [9.17, 15) is 8.42 Å². The molecule has 172 valence electrons. The molecule has 4 aromatic rings. The van der Waals surface area contributed by atoms with E-state index in [1.54, 1.807) is 12.1 Å². The molecule has 0 saturated heterocycles. The van der Waals surface area contributed by atoms with Crippen LogP contribution in [0.4, 0.5) is 0 Å². The monoisotopic (exact) mass is 462 g/mol. The topological polar surface area (TPSA) is 72.1 Å². The van der Waals surface area contributed by atoms with Gasteiger partial charge in [-0.25, -0.2) is 8.42 Å². The molecule has 1 atom stereocenters. The highest BCUT2D eigenvalue weighted by atomic mass is 32.2. The predicted molar refractivity (Wildman–Crippen MR) is 132 cm³/mol. The quantitative estimate of drug-likeness (QED) is 0.271. The molecule has 1 aromatic heterocycles. The van der Waals surface area contributed by atoms with Crippen molar-refractivity contribution in [1.29, 1.82) is 0 Å². The van der Waals surface area contributed by atoms with E-state index in [2.05, 4.69) is 22.3 Å². The molecule has 5 nitrogen and oxygen atoms in total. The number of unbranched alkanes of at least 4 members (excludes halogenated alkanes) is 2. The summed E-state index contributed by atoms with van der Waals surface area (Å²) in [6, 6.07) is 24.9. The van der Waals surface area contributed by atoms with Gasteiger partial charge in [0.2, 0.25) is 0 Å². The van der Waals surface area contributed by atoms with Gasteiger partial charge in [0, 0.05) is 12.0 Å². The number of H-pyrrole nitrogens is 1. The Hall–Kier alpha value is -2.96. The van der Waals surface area contributed by atoms with Crippen LogP contribution >= 0.6 is 0 Å². The van der Waals surface area contributed by atoms with Crippen molar-refractivity contribution in [3.63, 3.8) is 0 Å². The summed E-state index contributed by atoms with van der Waals surface area (Å²) >= 11 is 0. The van der Waals surface area contributed by atoms with E-state index in [-0.39, 0.29) is 0 Å². The van der Waals surface area contributed by atoms with Crippen LogP contribution in [0.15, 0.2) is 83.8 Å². The van der Waals surface area contributed by atoms with E-state index in [0.29, 0.717) is 30.2 Å². The number of rotatable bonds is 11. The summed E-state index contributed by atoms with van der Waals surface area (Å²) in [5, 5.41) is 7.57. The first-order chi connectivity index (χ1) is 16.1. The molecule has 1 heterocycles. The molecule has 0 aliphatic rings. The SMILES string of the molecule is Cc1ccc(S(=O)(=O)C(CCCCCOCc2ccccc2)c2[nH]nc3ccccc23)cc1. The summed E-state index contributed by atoms with van der Waals surface area (Å²) in [7, 11) is -3.57. The Morgan fingerprint density at radius 2 is 1.61 bits per heavy atom. The van der Waals surface area contributed by atoms with Crippen molar-refractivity contribution in [3.05, 3.63) is 95.7 Å². The van der Waals surface area contributed by atoms with Gasteiger partial charge in [-0.3, -0.25) is 5.10 Å². The zero-order valence-electron chi connectivity index (χ0n) is 18.9. The number of sulfone groups is 1. The fraction of sp³-hybridized carbons (Fsp3) is 0.296. The van der Waals surface area contributed by atoms with E-state index in [1.165, 1.54) is 0 Å². The number of para-hydroxylation sites is 1. The average Bonchev–Trinajstić information content (AvgIpc) is 3.25. The predicted octanol–water partition coefficient (Wildman–Crippen LogP) is 6.16. The number of aryl methyl sites for hydroxylation is 1. The molecule has 0 aliphatic carbocycles. The van der Waals surface area contributed by atoms with Crippen molar-refractivity contribution in [2.45, 2.75) is 49.4 Å². The summed E-state index contributed by atoms with van der Waals surface area (Å²) in [6.07, 6.45) is 3.12. The third-order valence-electron chi connectivity index (χ3n) is 5.90. The third-order valence-corrected chi connectivity index (χ3v) is 8.05. The summed E-state index contributed by atoms with van der Waals surface area (Å²) in [6.45, 7) is 3.22.